The van der Waals surface area contributed by atoms with Crippen molar-refractivity contribution in [2.75, 3.05) is 0 Å². The van der Waals surface area contributed by atoms with Crippen molar-refractivity contribution in [3.8, 4) is 0 Å². The topological polar surface area (TPSA) is 28.7 Å². The van der Waals surface area contributed by atoms with Crippen molar-refractivity contribution >= 4 is 38.4 Å². The molecule has 2 nitrogen and oxygen atoms in total. The monoisotopic (exact) mass is 258 g/mol. The molecule has 0 spiro atoms. The molecule has 1 N–H and O–H groups in total. The van der Waals surface area contributed by atoms with Gasteiger partial charge in [0.25, 0.3) is 0 Å². The zero-order valence-corrected chi connectivity index (χ0v) is 9.41. The first-order valence-electron chi connectivity index (χ1n) is 4.05. The Morgan fingerprint density at radius 1 is 1.54 bits per heavy atom. The average Bonchev–Trinajstić information content (AvgIpc) is 2.56. The lowest BCUT2D eigenvalue weighted by molar-refractivity contribution is 0.988. The summed E-state index contributed by atoms with van der Waals surface area (Å²) in [5, 5.41) is 8.93. The largest absolute Gasteiger partial charge is 0.281 e. The summed E-state index contributed by atoms with van der Waals surface area (Å²) in [5.74, 6) is 0. The lowest BCUT2D eigenvalue weighted by Crippen LogP contribution is -1.80. The fourth-order valence-electron chi connectivity index (χ4n) is 1.37. The van der Waals surface area contributed by atoms with Crippen LogP contribution in [0.25, 0.3) is 10.9 Å². The number of halogens is 2. The summed E-state index contributed by atoms with van der Waals surface area (Å²) in [6.45, 7) is 2.08. The first-order valence-corrected chi connectivity index (χ1v) is 5.22. The second kappa shape index (κ2) is 3.31. The molecule has 0 saturated heterocycles. The van der Waals surface area contributed by atoms with E-state index in [-0.39, 0.29) is 0 Å². The minimum absolute atomic E-state index is 0.689. The minimum atomic E-state index is 0.689. The van der Waals surface area contributed by atoms with Crippen LogP contribution in [0.5, 0.6) is 0 Å². The van der Waals surface area contributed by atoms with Crippen LogP contribution in [0.2, 0.25) is 5.02 Å². The van der Waals surface area contributed by atoms with Gasteiger partial charge in [-0.1, -0.05) is 34.5 Å². The van der Waals surface area contributed by atoms with Gasteiger partial charge in [-0.25, -0.2) is 0 Å². The van der Waals surface area contributed by atoms with E-state index in [4.69, 9.17) is 11.6 Å². The summed E-state index contributed by atoms with van der Waals surface area (Å²) < 4.78 is 1.04. The van der Waals surface area contributed by atoms with E-state index in [0.29, 0.717) is 5.02 Å². The molecule has 0 aliphatic heterocycles. The molecule has 0 aliphatic carbocycles. The number of hydrogen-bond acceptors (Lipinski definition) is 1. The Morgan fingerprint density at radius 3 is 3.00 bits per heavy atom. The van der Waals surface area contributed by atoms with Crippen molar-refractivity contribution in [1.29, 1.82) is 0 Å². The predicted molar refractivity (Wildman–Crippen MR) is 58.2 cm³/mol. The highest BCUT2D eigenvalue weighted by molar-refractivity contribution is 9.10. The van der Waals surface area contributed by atoms with E-state index in [1.54, 1.807) is 0 Å². The molecule has 4 heteroatoms. The van der Waals surface area contributed by atoms with Crippen molar-refractivity contribution in [2.45, 2.75) is 13.3 Å². The third-order valence-corrected chi connectivity index (χ3v) is 3.00. The summed E-state index contributed by atoms with van der Waals surface area (Å²) in [6.07, 6.45) is 0.926. The van der Waals surface area contributed by atoms with Gasteiger partial charge in [-0.3, -0.25) is 5.10 Å². The Bertz CT molecular complexity index is 450. The third kappa shape index (κ3) is 1.36. The normalized spacial score (nSPS) is 11.0. The van der Waals surface area contributed by atoms with Gasteiger partial charge in [0.05, 0.1) is 5.02 Å². The van der Waals surface area contributed by atoms with Gasteiger partial charge in [0.15, 0.2) is 0 Å². The molecule has 0 radical (unpaired) electrons. The maximum Gasteiger partial charge on any atom is 0.112 e. The summed E-state index contributed by atoms with van der Waals surface area (Å²) in [6, 6.07) is 3.79. The molecule has 1 aromatic carbocycles. The molecule has 0 atom stereocenters. The molecular formula is C9H8BrClN2. The number of aromatic amines is 1. The highest BCUT2D eigenvalue weighted by atomic mass is 79.9. The average molecular weight is 260 g/mol. The van der Waals surface area contributed by atoms with Crippen molar-refractivity contribution in [3.63, 3.8) is 0 Å². The second-order valence-electron chi connectivity index (χ2n) is 2.81. The zero-order chi connectivity index (χ0) is 9.42. The molecular weight excluding hydrogens is 251 g/mol. The number of nitrogens with one attached hydrogen (secondary N) is 1. The Morgan fingerprint density at radius 2 is 2.31 bits per heavy atom. The van der Waals surface area contributed by atoms with E-state index in [1.807, 2.05) is 12.1 Å². The molecule has 0 aliphatic rings. The van der Waals surface area contributed by atoms with Crippen molar-refractivity contribution in [1.82, 2.24) is 10.2 Å². The van der Waals surface area contributed by atoms with E-state index in [9.17, 15) is 0 Å². The maximum atomic E-state index is 6.00. The Kier molecular flexibility index (Phi) is 2.30. The summed E-state index contributed by atoms with van der Waals surface area (Å²) in [5.41, 5.74) is 1.96. The Labute approximate surface area is 89.4 Å². The van der Waals surface area contributed by atoms with Crippen LogP contribution < -0.4 is 0 Å². The van der Waals surface area contributed by atoms with Crippen LogP contribution in [0, 0.1) is 0 Å². The minimum Gasteiger partial charge on any atom is -0.281 e. The highest BCUT2D eigenvalue weighted by Crippen LogP contribution is 2.30. The molecule has 1 aromatic heterocycles. The van der Waals surface area contributed by atoms with Gasteiger partial charge in [-0.15, -0.1) is 0 Å². The van der Waals surface area contributed by atoms with Crippen LogP contribution in [-0.4, -0.2) is 10.2 Å². The third-order valence-electron chi connectivity index (χ3n) is 2.04. The van der Waals surface area contributed by atoms with E-state index in [2.05, 4.69) is 33.1 Å². The standard InChI is InChI=1S/C9H8BrClN2/c1-2-7-8-5(10)3-4-6(11)9(8)13-12-7/h3-4H,2H2,1H3,(H,12,13). The fraction of sp³-hybridized carbons (Fsp3) is 0.222. The van der Waals surface area contributed by atoms with E-state index >= 15 is 0 Å². The molecule has 0 bridgehead atoms. The molecule has 0 unspecified atom stereocenters. The number of nitrogens with zero attached hydrogens (tertiary/aromatic N) is 1. The highest BCUT2D eigenvalue weighted by Gasteiger charge is 2.09. The van der Waals surface area contributed by atoms with Crippen LogP contribution in [0.1, 0.15) is 12.6 Å². The van der Waals surface area contributed by atoms with Crippen LogP contribution in [0.3, 0.4) is 0 Å². The summed E-state index contributed by atoms with van der Waals surface area (Å²) in [7, 11) is 0. The van der Waals surface area contributed by atoms with Crippen molar-refractivity contribution in [2.24, 2.45) is 0 Å². The number of aryl methyl sites for hydroxylation is 1. The maximum absolute atomic E-state index is 6.00. The molecule has 1 heterocycles. The van der Waals surface area contributed by atoms with Crippen LogP contribution in [0.4, 0.5) is 0 Å². The number of H-pyrrole nitrogens is 1. The lowest BCUT2D eigenvalue weighted by Gasteiger charge is -1.97. The number of benzene rings is 1. The van der Waals surface area contributed by atoms with Gasteiger partial charge in [0.2, 0.25) is 0 Å². The molecule has 0 saturated carbocycles. The first-order chi connectivity index (χ1) is 6.24. The smallest absolute Gasteiger partial charge is 0.112 e. The summed E-state index contributed by atoms with van der Waals surface area (Å²) >= 11 is 9.48. The zero-order valence-electron chi connectivity index (χ0n) is 7.06. The van der Waals surface area contributed by atoms with Gasteiger partial charge in [0.1, 0.15) is 5.52 Å². The molecule has 0 fully saturated rings. The van der Waals surface area contributed by atoms with E-state index in [0.717, 1.165) is 27.5 Å². The predicted octanol–water partition coefficient (Wildman–Crippen LogP) is 3.54. The van der Waals surface area contributed by atoms with E-state index in [1.165, 1.54) is 0 Å². The fourth-order valence-corrected chi connectivity index (χ4v) is 2.13. The van der Waals surface area contributed by atoms with Crippen molar-refractivity contribution < 1.29 is 0 Å². The van der Waals surface area contributed by atoms with E-state index < -0.39 is 0 Å². The van der Waals surface area contributed by atoms with Crippen LogP contribution in [0.15, 0.2) is 16.6 Å². The molecule has 2 rings (SSSR count). The number of fused-ring (bicyclic) bond motifs is 1. The molecule has 13 heavy (non-hydrogen) atoms. The van der Waals surface area contributed by atoms with Gasteiger partial charge < -0.3 is 0 Å². The van der Waals surface area contributed by atoms with Gasteiger partial charge in [-0.2, -0.15) is 5.10 Å². The first kappa shape index (κ1) is 9.03. The second-order valence-corrected chi connectivity index (χ2v) is 4.07. The molecule has 68 valence electrons. The number of hydrogen-bond donors (Lipinski definition) is 1. The van der Waals surface area contributed by atoms with Crippen molar-refractivity contribution in [3.05, 3.63) is 27.3 Å². The molecule has 0 amide bonds. The Hall–Kier alpha value is -0.540. The SMILES string of the molecule is CCc1[nH]nc2c(Cl)ccc(Br)c12. The van der Waals surface area contributed by atoms with Crippen LogP contribution in [-0.2, 0) is 6.42 Å². The van der Waals surface area contributed by atoms with Gasteiger partial charge in [-0.05, 0) is 18.6 Å². The summed E-state index contributed by atoms with van der Waals surface area (Å²) in [4.78, 5) is 0. The van der Waals surface area contributed by atoms with Crippen LogP contribution >= 0.6 is 27.5 Å². The van der Waals surface area contributed by atoms with Gasteiger partial charge >= 0.3 is 0 Å². The number of aromatic nitrogens is 2. The Balaban J connectivity index is 2.87. The van der Waals surface area contributed by atoms with Gasteiger partial charge in [0, 0.05) is 15.6 Å². The number of rotatable bonds is 1. The lowest BCUT2D eigenvalue weighted by atomic mass is 10.2. The molecule has 2 aromatic rings. The quantitative estimate of drug-likeness (QED) is 0.834.